The van der Waals surface area contributed by atoms with E-state index in [2.05, 4.69) is 15.1 Å². The summed E-state index contributed by atoms with van der Waals surface area (Å²) in [4.78, 5) is 49.0. The number of urea groups is 1. The first-order chi connectivity index (χ1) is 23.9. The van der Waals surface area contributed by atoms with Gasteiger partial charge in [-0.05, 0) is 42.2 Å². The van der Waals surface area contributed by atoms with Gasteiger partial charge in [0.25, 0.3) is 5.91 Å². The maximum atomic E-state index is 13.2. The summed E-state index contributed by atoms with van der Waals surface area (Å²) >= 11 is 0. The lowest BCUT2D eigenvalue weighted by Crippen LogP contribution is -2.54. The average molecular weight is 669 g/mol. The van der Waals surface area contributed by atoms with Gasteiger partial charge in [-0.3, -0.25) is 15.0 Å². The van der Waals surface area contributed by atoms with Crippen LogP contribution in [0.3, 0.4) is 0 Å². The molecule has 49 heavy (non-hydrogen) atoms. The molecule has 3 aromatic carbocycles. The second-order valence-corrected chi connectivity index (χ2v) is 13.1. The van der Waals surface area contributed by atoms with Crippen molar-refractivity contribution in [2.24, 2.45) is 0 Å². The van der Waals surface area contributed by atoms with Crippen LogP contribution in [0.2, 0.25) is 0 Å². The van der Waals surface area contributed by atoms with Crippen LogP contribution in [0.25, 0.3) is 11.1 Å². The van der Waals surface area contributed by atoms with E-state index in [1.54, 1.807) is 4.90 Å². The molecule has 3 aliphatic heterocycles. The Morgan fingerprint density at radius 1 is 0.776 bits per heavy atom. The molecule has 0 unspecified atom stereocenters. The molecule has 1 N–H and O–H groups in total. The number of piperidine rings is 1. The van der Waals surface area contributed by atoms with Gasteiger partial charge >= 0.3 is 12.1 Å². The molecule has 4 amide bonds. The van der Waals surface area contributed by atoms with Gasteiger partial charge in [0.2, 0.25) is 0 Å². The first-order valence-corrected chi connectivity index (χ1v) is 17.5. The zero-order valence-corrected chi connectivity index (χ0v) is 28.5. The second-order valence-electron chi connectivity index (χ2n) is 13.1. The molecule has 260 valence electrons. The van der Waals surface area contributed by atoms with E-state index in [9.17, 15) is 14.4 Å². The third-order valence-electron chi connectivity index (χ3n) is 9.69. The lowest BCUT2D eigenvalue weighted by Gasteiger charge is -2.38. The van der Waals surface area contributed by atoms with Crippen LogP contribution in [0.1, 0.15) is 28.8 Å². The number of likely N-dealkylation sites (tertiary alicyclic amines) is 1. The van der Waals surface area contributed by atoms with Crippen LogP contribution < -0.4 is 5.32 Å². The number of anilines is 1. The van der Waals surface area contributed by atoms with E-state index in [0.717, 1.165) is 87.6 Å². The number of benzene rings is 3. The van der Waals surface area contributed by atoms with Gasteiger partial charge in [-0.25, -0.2) is 9.59 Å². The number of para-hydroxylation sites is 1. The van der Waals surface area contributed by atoms with Crippen molar-refractivity contribution in [3.8, 4) is 11.1 Å². The molecule has 3 fully saturated rings. The van der Waals surface area contributed by atoms with Crippen LogP contribution in [0.15, 0.2) is 78.9 Å². The molecule has 3 heterocycles. The summed E-state index contributed by atoms with van der Waals surface area (Å²) in [7, 11) is 1.85. The third kappa shape index (κ3) is 9.38. The predicted molar refractivity (Wildman–Crippen MR) is 189 cm³/mol. The molecule has 0 aliphatic carbocycles. The SMILES string of the molecule is CN(CCN1CCC(OC(=O)Nc2ccccc2-c2ccccc2)CC1)C(=O)c1ccc(CN2CCN(C(=O)N3CCOCC3)CC2)cc1. The van der Waals surface area contributed by atoms with Crippen molar-refractivity contribution in [3.63, 3.8) is 0 Å². The number of hydrogen-bond acceptors (Lipinski definition) is 7. The molecule has 11 nitrogen and oxygen atoms in total. The number of carbonyl (C=O) groups excluding carboxylic acids is 3. The fraction of sp³-hybridized carbons (Fsp3) is 0.447. The highest BCUT2D eigenvalue weighted by Crippen LogP contribution is 2.28. The summed E-state index contributed by atoms with van der Waals surface area (Å²) in [6.45, 7) is 9.49. The normalized spacial score (nSPS) is 17.8. The van der Waals surface area contributed by atoms with Gasteiger partial charge in [-0.2, -0.15) is 0 Å². The second kappa shape index (κ2) is 16.8. The quantitative estimate of drug-likeness (QED) is 0.353. The number of rotatable bonds is 9. The number of piperazine rings is 1. The zero-order chi connectivity index (χ0) is 34.0. The number of likely N-dealkylation sites (N-methyl/N-ethyl adjacent to an activating group) is 1. The van der Waals surface area contributed by atoms with Gasteiger partial charge in [0, 0.05) is 90.2 Å². The highest BCUT2D eigenvalue weighted by molar-refractivity contribution is 5.94. The van der Waals surface area contributed by atoms with E-state index in [1.807, 2.05) is 95.7 Å². The predicted octanol–water partition coefficient (Wildman–Crippen LogP) is 4.71. The summed E-state index contributed by atoms with van der Waals surface area (Å²) < 4.78 is 11.2. The van der Waals surface area contributed by atoms with Crippen molar-refractivity contribution < 1.29 is 23.9 Å². The Hall–Kier alpha value is -4.45. The first-order valence-electron chi connectivity index (χ1n) is 17.5. The molecule has 0 aromatic heterocycles. The summed E-state index contributed by atoms with van der Waals surface area (Å²) in [5.74, 6) is 0.00691. The van der Waals surface area contributed by atoms with Gasteiger partial charge in [0.15, 0.2) is 0 Å². The van der Waals surface area contributed by atoms with Crippen molar-refractivity contribution >= 4 is 23.7 Å². The molecule has 0 atom stereocenters. The van der Waals surface area contributed by atoms with Crippen LogP contribution in [0.5, 0.6) is 0 Å². The number of carbonyl (C=O) groups is 3. The minimum absolute atomic E-state index is 0.00691. The summed E-state index contributed by atoms with van der Waals surface area (Å²) in [6, 6.07) is 25.7. The molecular weight excluding hydrogens is 620 g/mol. The van der Waals surface area contributed by atoms with Crippen molar-refractivity contribution in [1.29, 1.82) is 0 Å². The largest absolute Gasteiger partial charge is 0.446 e. The fourth-order valence-corrected chi connectivity index (χ4v) is 6.68. The van der Waals surface area contributed by atoms with Gasteiger partial charge < -0.3 is 29.1 Å². The Balaban J connectivity index is 0.882. The Morgan fingerprint density at radius 2 is 1.43 bits per heavy atom. The van der Waals surface area contributed by atoms with E-state index < -0.39 is 6.09 Å². The smallest absolute Gasteiger partial charge is 0.411 e. The monoisotopic (exact) mass is 668 g/mol. The van der Waals surface area contributed by atoms with Gasteiger partial charge in [-0.15, -0.1) is 0 Å². The number of hydrogen-bond donors (Lipinski definition) is 1. The number of ether oxygens (including phenoxy) is 2. The highest BCUT2D eigenvalue weighted by Gasteiger charge is 2.27. The van der Waals surface area contributed by atoms with E-state index in [-0.39, 0.29) is 18.0 Å². The number of nitrogens with zero attached hydrogens (tertiary/aromatic N) is 5. The molecule has 3 saturated heterocycles. The Kier molecular flexibility index (Phi) is 11.8. The third-order valence-corrected chi connectivity index (χ3v) is 9.69. The molecule has 11 heteroatoms. The summed E-state index contributed by atoms with van der Waals surface area (Å²) in [6.07, 6.45) is 0.939. The van der Waals surface area contributed by atoms with E-state index in [4.69, 9.17) is 9.47 Å². The molecule has 0 spiro atoms. The average Bonchev–Trinajstić information content (AvgIpc) is 3.15. The van der Waals surface area contributed by atoms with Crippen molar-refractivity contribution in [3.05, 3.63) is 90.0 Å². The molecule has 0 saturated carbocycles. The molecule has 6 rings (SSSR count). The van der Waals surface area contributed by atoms with E-state index in [1.165, 1.54) is 0 Å². The van der Waals surface area contributed by atoms with Crippen LogP contribution in [0, 0.1) is 0 Å². The highest BCUT2D eigenvalue weighted by atomic mass is 16.6. The van der Waals surface area contributed by atoms with Gasteiger partial charge in [0.05, 0.1) is 18.9 Å². The molecule has 3 aromatic rings. The molecular formula is C38H48N6O5. The lowest BCUT2D eigenvalue weighted by atomic mass is 10.0. The Labute approximate surface area is 289 Å². The van der Waals surface area contributed by atoms with Crippen molar-refractivity contribution in [2.45, 2.75) is 25.5 Å². The first kappa shape index (κ1) is 34.4. The van der Waals surface area contributed by atoms with E-state index in [0.29, 0.717) is 38.4 Å². The minimum atomic E-state index is -0.434. The summed E-state index contributed by atoms with van der Waals surface area (Å²) in [5.41, 5.74) is 4.55. The zero-order valence-electron chi connectivity index (χ0n) is 28.5. The maximum Gasteiger partial charge on any atom is 0.411 e. The standard InChI is InChI=1S/C38H48N6O5/c1-40(36(45)32-13-11-30(12-14-32)29-42-21-23-43(24-22-42)38(47)44-25-27-48-28-26-44)19-20-41-17-15-33(16-18-41)49-37(46)39-35-10-6-5-9-34(35)31-7-3-2-4-8-31/h2-14,33H,15-29H2,1H3,(H,39,46). The lowest BCUT2D eigenvalue weighted by molar-refractivity contribution is 0.0373. The van der Waals surface area contributed by atoms with Crippen molar-refractivity contribution in [1.82, 2.24) is 24.5 Å². The van der Waals surface area contributed by atoms with Gasteiger partial charge in [0.1, 0.15) is 6.10 Å². The number of nitrogens with one attached hydrogen (secondary N) is 1. The maximum absolute atomic E-state index is 13.2. The van der Waals surface area contributed by atoms with Crippen molar-refractivity contribution in [2.75, 3.05) is 91.0 Å². The number of amides is 4. The molecule has 0 radical (unpaired) electrons. The topological polar surface area (TPSA) is 97.9 Å². The van der Waals surface area contributed by atoms with Crippen LogP contribution in [-0.4, -0.2) is 134 Å². The fourth-order valence-electron chi connectivity index (χ4n) is 6.68. The van der Waals surface area contributed by atoms with E-state index >= 15 is 0 Å². The molecule has 0 bridgehead atoms. The molecule has 3 aliphatic rings. The number of morpholine rings is 1. The summed E-state index contributed by atoms with van der Waals surface area (Å²) in [5, 5.41) is 2.94. The van der Waals surface area contributed by atoms with Gasteiger partial charge in [-0.1, -0.05) is 60.7 Å². The van der Waals surface area contributed by atoms with Crippen LogP contribution >= 0.6 is 0 Å². The minimum Gasteiger partial charge on any atom is -0.446 e. The Bertz CT molecular complexity index is 1530. The van der Waals surface area contributed by atoms with Crippen LogP contribution in [-0.2, 0) is 16.0 Å². The van der Waals surface area contributed by atoms with Crippen LogP contribution in [0.4, 0.5) is 15.3 Å². The Morgan fingerprint density at radius 3 is 2.14 bits per heavy atom.